The minimum absolute atomic E-state index is 0.159. The summed E-state index contributed by atoms with van der Waals surface area (Å²) in [6, 6.07) is 6.37. The average Bonchev–Trinajstić information content (AvgIpc) is 2.42. The molecule has 21 heavy (non-hydrogen) atoms. The standard InChI is InChI=1S/C14H22FN3O2S/c1-16-14(17-9-3-11-21(2,19)20)18-10-8-12-4-6-13(15)7-5-12/h4-7H,3,8-11H2,1-2H3,(H2,16,17,18). The number of rotatable bonds is 7. The molecule has 7 heteroatoms. The Kier molecular flexibility index (Phi) is 7.14. The number of benzene rings is 1. The van der Waals surface area contributed by atoms with Crippen LogP contribution in [0.4, 0.5) is 4.39 Å². The lowest BCUT2D eigenvalue weighted by Crippen LogP contribution is -2.39. The van der Waals surface area contributed by atoms with E-state index >= 15 is 0 Å². The minimum Gasteiger partial charge on any atom is -0.356 e. The summed E-state index contributed by atoms with van der Waals surface area (Å²) in [6.45, 7) is 1.21. The van der Waals surface area contributed by atoms with E-state index in [0.29, 0.717) is 25.5 Å². The Morgan fingerprint density at radius 1 is 1.19 bits per heavy atom. The predicted molar refractivity (Wildman–Crippen MR) is 83.8 cm³/mol. The lowest BCUT2D eigenvalue weighted by Gasteiger charge is -2.11. The van der Waals surface area contributed by atoms with Crippen molar-refractivity contribution >= 4 is 15.8 Å². The molecule has 0 aliphatic carbocycles. The maximum Gasteiger partial charge on any atom is 0.190 e. The molecule has 0 aromatic heterocycles. The summed E-state index contributed by atoms with van der Waals surface area (Å²) in [4.78, 5) is 4.05. The normalized spacial score (nSPS) is 12.2. The molecular formula is C14H22FN3O2S. The molecule has 1 aromatic rings. The van der Waals surface area contributed by atoms with Gasteiger partial charge < -0.3 is 10.6 Å². The quantitative estimate of drug-likeness (QED) is 0.447. The molecule has 0 bridgehead atoms. The van der Waals surface area contributed by atoms with Crippen LogP contribution in [0.15, 0.2) is 29.3 Å². The molecule has 1 aromatic carbocycles. The maximum atomic E-state index is 12.8. The molecule has 0 atom stereocenters. The summed E-state index contributed by atoms with van der Waals surface area (Å²) >= 11 is 0. The Labute approximate surface area is 125 Å². The van der Waals surface area contributed by atoms with Gasteiger partial charge in [-0.15, -0.1) is 0 Å². The first-order valence-corrected chi connectivity index (χ1v) is 8.83. The largest absolute Gasteiger partial charge is 0.356 e. The number of hydrogen-bond acceptors (Lipinski definition) is 3. The lowest BCUT2D eigenvalue weighted by molar-refractivity contribution is 0.598. The fraction of sp³-hybridized carbons (Fsp3) is 0.500. The van der Waals surface area contributed by atoms with Crippen LogP contribution in [-0.2, 0) is 16.3 Å². The van der Waals surface area contributed by atoms with E-state index < -0.39 is 9.84 Å². The van der Waals surface area contributed by atoms with Crippen molar-refractivity contribution in [2.75, 3.05) is 32.1 Å². The molecular weight excluding hydrogens is 293 g/mol. The zero-order valence-corrected chi connectivity index (χ0v) is 13.2. The van der Waals surface area contributed by atoms with Gasteiger partial charge in [0.05, 0.1) is 5.75 Å². The molecule has 0 radical (unpaired) electrons. The van der Waals surface area contributed by atoms with Crippen LogP contribution in [0.2, 0.25) is 0 Å². The van der Waals surface area contributed by atoms with Crippen LogP contribution in [0.3, 0.4) is 0 Å². The third-order valence-corrected chi connectivity index (χ3v) is 3.86. The van der Waals surface area contributed by atoms with E-state index in [-0.39, 0.29) is 11.6 Å². The average molecular weight is 315 g/mol. The van der Waals surface area contributed by atoms with Crippen LogP contribution in [0, 0.1) is 5.82 Å². The first kappa shape index (κ1) is 17.4. The van der Waals surface area contributed by atoms with Gasteiger partial charge in [0.25, 0.3) is 0 Å². The van der Waals surface area contributed by atoms with E-state index in [1.165, 1.54) is 18.4 Å². The minimum atomic E-state index is -2.92. The molecule has 0 fully saturated rings. The zero-order valence-electron chi connectivity index (χ0n) is 12.4. The molecule has 1 rings (SSSR count). The monoisotopic (exact) mass is 315 g/mol. The highest BCUT2D eigenvalue weighted by Crippen LogP contribution is 2.02. The Morgan fingerprint density at radius 3 is 2.38 bits per heavy atom. The summed E-state index contributed by atoms with van der Waals surface area (Å²) in [5.41, 5.74) is 1.04. The Hall–Kier alpha value is -1.63. The second-order valence-corrected chi connectivity index (χ2v) is 7.05. The van der Waals surface area contributed by atoms with Crippen molar-refractivity contribution in [3.8, 4) is 0 Å². The third-order valence-electron chi connectivity index (χ3n) is 2.83. The van der Waals surface area contributed by atoms with Crippen molar-refractivity contribution in [1.29, 1.82) is 0 Å². The predicted octanol–water partition coefficient (Wildman–Crippen LogP) is 0.968. The molecule has 0 aliphatic rings. The maximum absolute atomic E-state index is 12.8. The van der Waals surface area contributed by atoms with Crippen LogP contribution >= 0.6 is 0 Å². The number of sulfone groups is 1. The Balaban J connectivity index is 2.24. The first-order chi connectivity index (χ1) is 9.90. The van der Waals surface area contributed by atoms with E-state index in [9.17, 15) is 12.8 Å². The second kappa shape index (κ2) is 8.61. The molecule has 5 nitrogen and oxygen atoms in total. The molecule has 0 saturated carbocycles. The van der Waals surface area contributed by atoms with Gasteiger partial charge in [0.2, 0.25) is 0 Å². The number of halogens is 1. The second-order valence-electron chi connectivity index (χ2n) is 4.79. The first-order valence-electron chi connectivity index (χ1n) is 6.77. The van der Waals surface area contributed by atoms with Gasteiger partial charge in [0.15, 0.2) is 5.96 Å². The number of nitrogens with zero attached hydrogens (tertiary/aromatic N) is 1. The third kappa shape index (κ3) is 8.29. The van der Waals surface area contributed by atoms with Crippen LogP contribution in [0.5, 0.6) is 0 Å². The molecule has 0 unspecified atom stereocenters. The van der Waals surface area contributed by atoms with Crippen LogP contribution in [-0.4, -0.2) is 46.5 Å². The van der Waals surface area contributed by atoms with Crippen molar-refractivity contribution < 1.29 is 12.8 Å². The van der Waals surface area contributed by atoms with Crippen LogP contribution < -0.4 is 10.6 Å². The molecule has 0 aliphatic heterocycles. The molecule has 0 spiro atoms. The van der Waals surface area contributed by atoms with Crippen LogP contribution in [0.1, 0.15) is 12.0 Å². The summed E-state index contributed by atoms with van der Waals surface area (Å²) < 4.78 is 34.8. The summed E-state index contributed by atoms with van der Waals surface area (Å²) in [6.07, 6.45) is 2.52. The van der Waals surface area contributed by atoms with Crippen molar-refractivity contribution in [3.63, 3.8) is 0 Å². The number of aliphatic imine (C=N–C) groups is 1. The van der Waals surface area contributed by atoms with Gasteiger partial charge in [-0.25, -0.2) is 12.8 Å². The lowest BCUT2D eigenvalue weighted by atomic mass is 10.1. The van der Waals surface area contributed by atoms with Gasteiger partial charge in [-0.2, -0.15) is 0 Å². The fourth-order valence-corrected chi connectivity index (χ4v) is 2.41. The molecule has 118 valence electrons. The van der Waals surface area contributed by atoms with Crippen molar-refractivity contribution in [1.82, 2.24) is 10.6 Å². The summed E-state index contributed by atoms with van der Waals surface area (Å²) in [7, 11) is -1.26. The smallest absolute Gasteiger partial charge is 0.190 e. The van der Waals surface area contributed by atoms with E-state index in [2.05, 4.69) is 15.6 Å². The number of hydrogen-bond donors (Lipinski definition) is 2. The van der Waals surface area contributed by atoms with Crippen molar-refractivity contribution in [2.45, 2.75) is 12.8 Å². The van der Waals surface area contributed by atoms with Crippen molar-refractivity contribution in [2.24, 2.45) is 4.99 Å². The van der Waals surface area contributed by atoms with Gasteiger partial charge in [-0.05, 0) is 30.5 Å². The topological polar surface area (TPSA) is 70.6 Å². The van der Waals surface area contributed by atoms with E-state index in [4.69, 9.17) is 0 Å². The van der Waals surface area contributed by atoms with Gasteiger partial charge in [0, 0.05) is 26.4 Å². The van der Waals surface area contributed by atoms with Crippen LogP contribution in [0.25, 0.3) is 0 Å². The van der Waals surface area contributed by atoms with Gasteiger partial charge in [-0.3, -0.25) is 4.99 Å². The molecule has 0 heterocycles. The SMILES string of the molecule is CN=C(NCCCS(C)(=O)=O)NCCc1ccc(F)cc1. The molecule has 0 amide bonds. The number of guanidine groups is 1. The van der Waals surface area contributed by atoms with E-state index in [0.717, 1.165) is 12.0 Å². The number of nitrogens with one attached hydrogen (secondary N) is 2. The molecule has 0 saturated heterocycles. The van der Waals surface area contributed by atoms with E-state index in [1.807, 2.05) is 0 Å². The van der Waals surface area contributed by atoms with Crippen molar-refractivity contribution in [3.05, 3.63) is 35.6 Å². The summed E-state index contributed by atoms with van der Waals surface area (Å²) in [5.74, 6) is 0.549. The fourth-order valence-electron chi connectivity index (χ4n) is 1.74. The van der Waals surface area contributed by atoms with Gasteiger partial charge >= 0.3 is 0 Å². The Bertz CT molecular complexity index is 556. The zero-order chi connectivity index (χ0) is 15.7. The summed E-state index contributed by atoms with van der Waals surface area (Å²) in [5, 5.41) is 6.18. The van der Waals surface area contributed by atoms with Gasteiger partial charge in [0.1, 0.15) is 15.7 Å². The highest BCUT2D eigenvalue weighted by Gasteiger charge is 2.02. The highest BCUT2D eigenvalue weighted by molar-refractivity contribution is 7.90. The Morgan fingerprint density at radius 2 is 1.81 bits per heavy atom. The van der Waals surface area contributed by atoms with Gasteiger partial charge in [-0.1, -0.05) is 12.1 Å². The highest BCUT2D eigenvalue weighted by atomic mass is 32.2. The molecule has 2 N–H and O–H groups in total. The van der Waals surface area contributed by atoms with E-state index in [1.54, 1.807) is 19.2 Å².